The lowest BCUT2D eigenvalue weighted by Crippen LogP contribution is -2.40. The van der Waals surface area contributed by atoms with Crippen molar-refractivity contribution in [1.29, 1.82) is 0 Å². The highest BCUT2D eigenvalue weighted by Gasteiger charge is 2.26. The zero-order chi connectivity index (χ0) is 22.6. The van der Waals surface area contributed by atoms with Crippen LogP contribution in [0.2, 0.25) is 0 Å². The fourth-order valence-electron chi connectivity index (χ4n) is 4.89. The van der Waals surface area contributed by atoms with Gasteiger partial charge in [-0.25, -0.2) is 0 Å². The van der Waals surface area contributed by atoms with Gasteiger partial charge >= 0.3 is 0 Å². The lowest BCUT2D eigenvalue weighted by Gasteiger charge is -2.35. The van der Waals surface area contributed by atoms with Gasteiger partial charge in [-0.3, -0.25) is 4.98 Å². The highest BCUT2D eigenvalue weighted by atomic mass is 79.9. The van der Waals surface area contributed by atoms with Crippen molar-refractivity contribution in [3.8, 4) is 11.5 Å². The summed E-state index contributed by atoms with van der Waals surface area (Å²) in [5, 5.41) is 23.5. The van der Waals surface area contributed by atoms with E-state index < -0.39 is 0 Å². The predicted molar refractivity (Wildman–Crippen MR) is 162 cm³/mol. The number of aromatic hydroxyl groups is 2. The summed E-state index contributed by atoms with van der Waals surface area (Å²) in [7, 11) is 0. The molecule has 0 spiro atoms. The average molecular weight is 682 g/mol. The molecular formula is C27H44Br3N3O2. The largest absolute Gasteiger partial charge is 0.504 e. The molecule has 5 nitrogen and oxygen atoms in total. The van der Waals surface area contributed by atoms with E-state index in [1.807, 2.05) is 24.5 Å². The number of aryl methyl sites for hydroxylation is 1. The number of fused-ring (bicyclic) bond motifs is 1. The number of unbranched alkanes of at least 4 members (excludes halogenated alkanes) is 3. The van der Waals surface area contributed by atoms with Gasteiger partial charge in [0, 0.05) is 24.0 Å². The van der Waals surface area contributed by atoms with E-state index in [0.29, 0.717) is 6.04 Å². The fourth-order valence-corrected chi connectivity index (χ4v) is 4.89. The number of rotatable bonds is 14. The second-order valence-corrected chi connectivity index (χ2v) is 9.13. The van der Waals surface area contributed by atoms with Crippen LogP contribution in [0.4, 0.5) is 0 Å². The van der Waals surface area contributed by atoms with Gasteiger partial charge in [-0.2, -0.15) is 0 Å². The Balaban J connectivity index is 0.00000385. The standard InChI is InChI=1S/C27H41N3O2.3BrH/c1-2-18-30(24-12-13-25-23(20-24)11-14-26(31)27(25)32)19-6-4-3-5-15-28-16-7-9-22-10-8-17-29-21-22;;;/h8,10-11,14,17,21,24,28,31-32H,2-7,9,12-13,15-16,18-20H2,1H3;3*1H. The van der Waals surface area contributed by atoms with Gasteiger partial charge in [-0.1, -0.05) is 31.9 Å². The molecule has 3 N–H and O–H groups in total. The van der Waals surface area contributed by atoms with E-state index in [-0.39, 0.29) is 62.4 Å². The van der Waals surface area contributed by atoms with Crippen LogP contribution in [0.5, 0.6) is 11.5 Å². The Hall–Kier alpha value is -0.670. The van der Waals surface area contributed by atoms with Crippen molar-refractivity contribution in [3.63, 3.8) is 0 Å². The van der Waals surface area contributed by atoms with Crippen molar-refractivity contribution in [3.05, 3.63) is 53.3 Å². The SMILES string of the molecule is Br.Br.Br.CCCN(CCCCCCNCCCc1cccnc1)C1CCc2c(ccc(O)c2O)C1. The van der Waals surface area contributed by atoms with Crippen LogP contribution in [0.15, 0.2) is 36.7 Å². The Kier molecular flexibility index (Phi) is 19.1. The summed E-state index contributed by atoms with van der Waals surface area (Å²) in [6.45, 7) is 6.75. The number of nitrogens with one attached hydrogen (secondary N) is 1. The summed E-state index contributed by atoms with van der Waals surface area (Å²) in [5.74, 6) is 0.101. The van der Waals surface area contributed by atoms with E-state index in [1.165, 1.54) is 49.7 Å². The number of hydrogen-bond acceptors (Lipinski definition) is 5. The quantitative estimate of drug-likeness (QED) is 0.155. The molecule has 0 aliphatic heterocycles. The molecule has 0 saturated heterocycles. The number of phenols is 2. The van der Waals surface area contributed by atoms with Crippen molar-refractivity contribution in [2.24, 2.45) is 0 Å². The topological polar surface area (TPSA) is 68.6 Å². The van der Waals surface area contributed by atoms with Crippen LogP contribution in [0.3, 0.4) is 0 Å². The van der Waals surface area contributed by atoms with E-state index in [9.17, 15) is 10.2 Å². The van der Waals surface area contributed by atoms with Gasteiger partial charge in [0.2, 0.25) is 0 Å². The zero-order valence-corrected chi connectivity index (χ0v) is 26.1. The minimum atomic E-state index is 0. The Labute approximate surface area is 243 Å². The summed E-state index contributed by atoms with van der Waals surface area (Å²) < 4.78 is 0. The first-order chi connectivity index (χ1) is 15.7. The molecule has 2 aromatic rings. The molecule has 1 aromatic heterocycles. The number of phenolic OH excluding ortho intramolecular Hbond substituents is 2. The fraction of sp³-hybridized carbons (Fsp3) is 0.593. The summed E-state index contributed by atoms with van der Waals surface area (Å²) >= 11 is 0. The lowest BCUT2D eigenvalue weighted by molar-refractivity contribution is 0.175. The summed E-state index contributed by atoms with van der Waals surface area (Å²) in [6, 6.07) is 8.33. The molecule has 1 atom stereocenters. The van der Waals surface area contributed by atoms with Crippen molar-refractivity contribution in [2.75, 3.05) is 26.2 Å². The molecule has 0 radical (unpaired) electrons. The minimum Gasteiger partial charge on any atom is -0.504 e. The molecule has 0 fully saturated rings. The number of nitrogens with zero attached hydrogens (tertiary/aromatic N) is 2. The third kappa shape index (κ3) is 11.5. The lowest BCUT2D eigenvalue weighted by atomic mass is 9.86. The molecule has 3 rings (SSSR count). The van der Waals surface area contributed by atoms with Crippen molar-refractivity contribution in [2.45, 2.75) is 77.2 Å². The molecule has 1 heterocycles. The predicted octanol–water partition coefficient (Wildman–Crippen LogP) is 6.58. The number of benzene rings is 1. The maximum absolute atomic E-state index is 10.1. The number of hydrogen-bond donors (Lipinski definition) is 3. The highest BCUT2D eigenvalue weighted by Crippen LogP contribution is 2.36. The highest BCUT2D eigenvalue weighted by molar-refractivity contribution is 8.93. The second kappa shape index (κ2) is 19.4. The van der Waals surface area contributed by atoms with Crippen molar-refractivity contribution >= 4 is 50.9 Å². The molecule has 1 aliphatic carbocycles. The first-order valence-corrected chi connectivity index (χ1v) is 12.6. The molecule has 1 aliphatic rings. The Morgan fingerprint density at radius 2 is 1.74 bits per heavy atom. The number of aromatic nitrogens is 1. The number of halogens is 3. The molecule has 0 saturated carbocycles. The normalized spacial score (nSPS) is 14.4. The number of pyridine rings is 1. The van der Waals surface area contributed by atoms with E-state index in [2.05, 4.69) is 28.2 Å². The molecule has 0 amide bonds. The summed E-state index contributed by atoms with van der Waals surface area (Å²) in [6.07, 6.45) is 15.2. The van der Waals surface area contributed by atoms with Crippen LogP contribution in [-0.4, -0.2) is 52.3 Å². The molecular weight excluding hydrogens is 638 g/mol. The molecule has 1 aromatic carbocycles. The van der Waals surface area contributed by atoms with Crippen LogP contribution < -0.4 is 5.32 Å². The maximum Gasteiger partial charge on any atom is 0.160 e. The Morgan fingerprint density at radius 3 is 2.49 bits per heavy atom. The summed E-state index contributed by atoms with van der Waals surface area (Å²) in [4.78, 5) is 6.83. The first-order valence-electron chi connectivity index (χ1n) is 12.6. The molecule has 35 heavy (non-hydrogen) atoms. The van der Waals surface area contributed by atoms with Gasteiger partial charge in [-0.05, 0) is 101 Å². The van der Waals surface area contributed by atoms with Gasteiger partial charge in [0.15, 0.2) is 11.5 Å². The molecule has 8 heteroatoms. The Morgan fingerprint density at radius 1 is 0.971 bits per heavy atom. The molecule has 200 valence electrons. The van der Waals surface area contributed by atoms with Gasteiger partial charge in [0.1, 0.15) is 0 Å². The second-order valence-electron chi connectivity index (χ2n) is 9.13. The van der Waals surface area contributed by atoms with E-state index in [1.54, 1.807) is 6.07 Å². The van der Waals surface area contributed by atoms with Crippen LogP contribution in [-0.2, 0) is 19.3 Å². The van der Waals surface area contributed by atoms with Crippen LogP contribution in [0, 0.1) is 0 Å². The van der Waals surface area contributed by atoms with Crippen LogP contribution in [0.1, 0.15) is 68.6 Å². The Bertz CT molecular complexity index is 812. The van der Waals surface area contributed by atoms with Crippen LogP contribution in [0.25, 0.3) is 0 Å². The first kappa shape index (κ1) is 34.3. The van der Waals surface area contributed by atoms with E-state index in [0.717, 1.165) is 57.4 Å². The molecule has 0 bridgehead atoms. The van der Waals surface area contributed by atoms with E-state index >= 15 is 0 Å². The van der Waals surface area contributed by atoms with Crippen molar-refractivity contribution in [1.82, 2.24) is 15.2 Å². The van der Waals surface area contributed by atoms with Gasteiger partial charge in [-0.15, -0.1) is 50.9 Å². The third-order valence-electron chi connectivity index (χ3n) is 6.66. The van der Waals surface area contributed by atoms with E-state index in [4.69, 9.17) is 0 Å². The van der Waals surface area contributed by atoms with Crippen molar-refractivity contribution < 1.29 is 10.2 Å². The van der Waals surface area contributed by atoms with Gasteiger partial charge < -0.3 is 20.4 Å². The smallest absolute Gasteiger partial charge is 0.160 e. The van der Waals surface area contributed by atoms with Crippen LogP contribution >= 0.6 is 50.9 Å². The maximum atomic E-state index is 10.1. The minimum absolute atomic E-state index is 0. The third-order valence-corrected chi connectivity index (χ3v) is 6.66. The zero-order valence-electron chi connectivity index (χ0n) is 21.0. The summed E-state index contributed by atoms with van der Waals surface area (Å²) in [5.41, 5.74) is 3.47. The molecule has 1 unspecified atom stereocenters. The average Bonchev–Trinajstić information content (AvgIpc) is 2.82. The monoisotopic (exact) mass is 679 g/mol. The van der Waals surface area contributed by atoms with Gasteiger partial charge in [0.25, 0.3) is 0 Å². The van der Waals surface area contributed by atoms with Gasteiger partial charge in [0.05, 0.1) is 0 Å².